The van der Waals surface area contributed by atoms with Crippen molar-refractivity contribution in [1.29, 1.82) is 0 Å². The van der Waals surface area contributed by atoms with Gasteiger partial charge >= 0.3 is 0 Å². The second-order valence-corrected chi connectivity index (χ2v) is 10.6. The highest BCUT2D eigenvalue weighted by Gasteiger charge is 2.38. The number of methoxy groups -OCH3 is 1. The molecule has 3 heterocycles. The van der Waals surface area contributed by atoms with Crippen LogP contribution in [0.1, 0.15) is 44.9 Å². The van der Waals surface area contributed by atoms with Gasteiger partial charge in [-0.25, -0.2) is 0 Å². The van der Waals surface area contributed by atoms with E-state index in [1.807, 2.05) is 0 Å². The molecule has 0 spiro atoms. The normalized spacial score (nSPS) is 38.5. The number of rotatable bonds is 8. The van der Waals surface area contributed by atoms with E-state index in [0.29, 0.717) is 37.6 Å². The molecule has 3 aliphatic heterocycles. The summed E-state index contributed by atoms with van der Waals surface area (Å²) in [5.74, 6) is 0.887. The Bertz CT molecular complexity index is 642. The zero-order valence-corrected chi connectivity index (χ0v) is 20.8. The second kappa shape index (κ2) is 12.9. The van der Waals surface area contributed by atoms with Gasteiger partial charge in [0.15, 0.2) is 0 Å². The number of nitrogens with two attached hydrogens (primary N) is 2. The van der Waals surface area contributed by atoms with E-state index < -0.39 is 0 Å². The van der Waals surface area contributed by atoms with Crippen molar-refractivity contribution in [2.45, 2.75) is 75.7 Å². The van der Waals surface area contributed by atoms with Crippen LogP contribution in [0.2, 0.25) is 0 Å². The van der Waals surface area contributed by atoms with E-state index in [1.165, 1.54) is 0 Å². The minimum atomic E-state index is -0.161. The Kier molecular flexibility index (Phi) is 9.96. The van der Waals surface area contributed by atoms with Gasteiger partial charge in [0.05, 0.1) is 25.0 Å². The van der Waals surface area contributed by atoms with Crippen molar-refractivity contribution in [1.82, 2.24) is 26.2 Å². The molecule has 196 valence electrons. The van der Waals surface area contributed by atoms with E-state index in [9.17, 15) is 4.79 Å². The fourth-order valence-electron chi connectivity index (χ4n) is 6.32. The molecule has 1 aliphatic carbocycles. The van der Waals surface area contributed by atoms with Gasteiger partial charge in [-0.15, -0.1) is 0 Å². The molecule has 8 unspecified atom stereocenters. The SMILES string of the molecule is COC1NCCCC1CNC(=O)C1CCCC(NCC(N)N2CCOC3CNCCC3C2N)C1. The Labute approximate surface area is 204 Å². The van der Waals surface area contributed by atoms with Crippen LogP contribution in [0.25, 0.3) is 0 Å². The third kappa shape index (κ3) is 6.67. The maximum atomic E-state index is 12.9. The minimum absolute atomic E-state index is 0.0345. The van der Waals surface area contributed by atoms with Crippen molar-refractivity contribution >= 4 is 5.91 Å². The van der Waals surface area contributed by atoms with Crippen LogP contribution < -0.4 is 32.7 Å². The Balaban J connectivity index is 1.21. The number of fused-ring (bicyclic) bond motifs is 1. The first-order valence-electron chi connectivity index (χ1n) is 13.4. The van der Waals surface area contributed by atoms with Gasteiger partial charge in [-0.05, 0) is 51.6 Å². The first-order chi connectivity index (χ1) is 16.6. The lowest BCUT2D eigenvalue weighted by Gasteiger charge is -2.40. The van der Waals surface area contributed by atoms with Crippen LogP contribution in [-0.4, -0.2) is 94.5 Å². The second-order valence-electron chi connectivity index (χ2n) is 10.6. The van der Waals surface area contributed by atoms with Crippen LogP contribution in [0.15, 0.2) is 0 Å². The molecular weight excluding hydrogens is 434 g/mol. The molecule has 4 fully saturated rings. The van der Waals surface area contributed by atoms with Crippen LogP contribution in [0, 0.1) is 17.8 Å². The smallest absolute Gasteiger partial charge is 0.223 e. The third-order valence-electron chi connectivity index (χ3n) is 8.38. The van der Waals surface area contributed by atoms with Crippen molar-refractivity contribution in [3.05, 3.63) is 0 Å². The number of ether oxygens (including phenoxy) is 2. The van der Waals surface area contributed by atoms with Crippen LogP contribution in [0.5, 0.6) is 0 Å². The summed E-state index contributed by atoms with van der Waals surface area (Å²) < 4.78 is 11.6. The van der Waals surface area contributed by atoms with E-state index in [2.05, 4.69) is 26.2 Å². The predicted molar refractivity (Wildman–Crippen MR) is 132 cm³/mol. The zero-order valence-electron chi connectivity index (χ0n) is 20.8. The Morgan fingerprint density at radius 1 is 1.24 bits per heavy atom. The van der Waals surface area contributed by atoms with Gasteiger partial charge in [0.2, 0.25) is 5.91 Å². The van der Waals surface area contributed by atoms with Crippen molar-refractivity contribution in [3.63, 3.8) is 0 Å². The number of nitrogens with zero attached hydrogens (tertiary/aromatic N) is 1. The maximum Gasteiger partial charge on any atom is 0.223 e. The fourth-order valence-corrected chi connectivity index (χ4v) is 6.32. The maximum absolute atomic E-state index is 12.9. The number of nitrogens with one attached hydrogen (secondary N) is 4. The summed E-state index contributed by atoms with van der Waals surface area (Å²) >= 11 is 0. The highest BCUT2D eigenvalue weighted by molar-refractivity contribution is 5.78. The lowest BCUT2D eigenvalue weighted by Crippen LogP contribution is -2.61. The molecule has 8 N–H and O–H groups in total. The van der Waals surface area contributed by atoms with Gasteiger partial charge in [0.1, 0.15) is 6.23 Å². The quantitative estimate of drug-likeness (QED) is 0.260. The van der Waals surface area contributed by atoms with Crippen LogP contribution >= 0.6 is 0 Å². The summed E-state index contributed by atoms with van der Waals surface area (Å²) in [4.78, 5) is 15.1. The van der Waals surface area contributed by atoms with Crippen molar-refractivity contribution < 1.29 is 14.3 Å². The van der Waals surface area contributed by atoms with Gasteiger partial charge in [-0.2, -0.15) is 0 Å². The molecule has 10 heteroatoms. The summed E-state index contributed by atoms with van der Waals surface area (Å²) in [5, 5.41) is 13.7. The van der Waals surface area contributed by atoms with Crippen LogP contribution in [-0.2, 0) is 14.3 Å². The molecule has 34 heavy (non-hydrogen) atoms. The van der Waals surface area contributed by atoms with Gasteiger partial charge < -0.3 is 36.9 Å². The Hall–Kier alpha value is -0.850. The molecule has 0 bridgehead atoms. The first kappa shape index (κ1) is 26.2. The molecule has 1 saturated carbocycles. The summed E-state index contributed by atoms with van der Waals surface area (Å²) in [6, 6.07) is 0.310. The molecule has 0 aromatic heterocycles. The lowest BCUT2D eigenvalue weighted by molar-refractivity contribution is -0.126. The lowest BCUT2D eigenvalue weighted by atomic mass is 9.85. The summed E-state index contributed by atoms with van der Waals surface area (Å²) in [7, 11) is 1.73. The summed E-state index contributed by atoms with van der Waals surface area (Å²) in [6.45, 7) is 5.60. The van der Waals surface area contributed by atoms with Crippen molar-refractivity contribution in [2.75, 3.05) is 53.0 Å². The largest absolute Gasteiger partial charge is 0.375 e. The van der Waals surface area contributed by atoms with E-state index >= 15 is 0 Å². The number of hydrogen-bond acceptors (Lipinski definition) is 9. The average molecular weight is 482 g/mol. The average Bonchev–Trinajstić information content (AvgIpc) is 3.05. The molecule has 4 aliphatic rings. The number of carbonyl (C=O) groups excluding carboxylic acids is 1. The molecule has 3 saturated heterocycles. The van der Waals surface area contributed by atoms with Crippen molar-refractivity contribution in [2.24, 2.45) is 29.2 Å². The Morgan fingerprint density at radius 2 is 2.12 bits per heavy atom. The highest BCUT2D eigenvalue weighted by atomic mass is 16.5. The highest BCUT2D eigenvalue weighted by Crippen LogP contribution is 2.26. The summed E-state index contributed by atoms with van der Waals surface area (Å²) in [5.41, 5.74) is 13.3. The van der Waals surface area contributed by atoms with E-state index in [1.54, 1.807) is 7.11 Å². The third-order valence-corrected chi connectivity index (χ3v) is 8.38. The molecule has 1 amide bonds. The number of carbonyl (C=O) groups is 1. The molecule has 4 rings (SSSR count). The van der Waals surface area contributed by atoms with Crippen LogP contribution in [0.4, 0.5) is 0 Å². The number of hydrogen-bond donors (Lipinski definition) is 6. The molecule has 10 nitrogen and oxygen atoms in total. The topological polar surface area (TPSA) is 139 Å². The van der Waals surface area contributed by atoms with E-state index in [-0.39, 0.29) is 36.5 Å². The molecule has 0 aromatic carbocycles. The predicted octanol–water partition coefficient (Wildman–Crippen LogP) is -0.897. The number of piperidine rings is 2. The zero-order chi connectivity index (χ0) is 23.9. The van der Waals surface area contributed by atoms with Gasteiger partial charge in [0, 0.05) is 57.1 Å². The van der Waals surface area contributed by atoms with E-state index in [4.69, 9.17) is 20.9 Å². The van der Waals surface area contributed by atoms with Gasteiger partial charge in [-0.1, -0.05) is 6.42 Å². The van der Waals surface area contributed by atoms with Crippen molar-refractivity contribution in [3.8, 4) is 0 Å². The number of amides is 1. The van der Waals surface area contributed by atoms with Gasteiger partial charge in [0.25, 0.3) is 0 Å². The summed E-state index contributed by atoms with van der Waals surface area (Å²) in [6.07, 6.45) is 7.16. The molecule has 0 radical (unpaired) electrons. The minimum Gasteiger partial charge on any atom is -0.375 e. The van der Waals surface area contributed by atoms with Gasteiger partial charge in [-0.3, -0.25) is 15.0 Å². The monoisotopic (exact) mass is 481 g/mol. The van der Waals surface area contributed by atoms with E-state index in [0.717, 1.165) is 71.1 Å². The molecule has 8 atom stereocenters. The molecular formula is C24H47N7O3. The standard InChI is InChI=1S/C24H47N7O3/c1-33-24-17(5-3-8-28-24)13-30-23(32)16-4-2-6-18(12-16)29-15-21(25)31-10-11-34-20-14-27-9-7-19(20)22(31)26/h16-22,24,27-29H,2-15,25-26H2,1H3,(H,30,32). The fraction of sp³-hybridized carbons (Fsp3) is 0.958. The van der Waals surface area contributed by atoms with Crippen LogP contribution in [0.3, 0.4) is 0 Å². The first-order valence-corrected chi connectivity index (χ1v) is 13.4. The molecule has 0 aromatic rings. The Morgan fingerprint density at radius 3 is 2.97 bits per heavy atom.